The number of thiophene rings is 1. The van der Waals surface area contributed by atoms with Crippen molar-refractivity contribution in [1.82, 2.24) is 19.2 Å². The number of nitrogens with zero attached hydrogens (tertiary/aromatic N) is 4. The number of hydrogen-bond donors (Lipinski definition) is 0. The summed E-state index contributed by atoms with van der Waals surface area (Å²) < 4.78 is 21.8. The average molecular weight is 533 g/mol. The van der Waals surface area contributed by atoms with Gasteiger partial charge in [0.25, 0.3) is 5.91 Å². The summed E-state index contributed by atoms with van der Waals surface area (Å²) in [5.41, 5.74) is 7.88. The van der Waals surface area contributed by atoms with E-state index in [9.17, 15) is 4.79 Å². The number of rotatable bonds is 4. The van der Waals surface area contributed by atoms with Crippen molar-refractivity contribution in [3.63, 3.8) is 0 Å². The maximum atomic E-state index is 14.0. The molecule has 1 amide bonds. The van der Waals surface area contributed by atoms with Gasteiger partial charge in [-0.2, -0.15) is 16.4 Å². The van der Waals surface area contributed by atoms with Crippen molar-refractivity contribution in [2.75, 3.05) is 26.9 Å². The SMILES string of the molecule is COc1cc2c(cc1-c1cc(C)n(C)c1C)-c1c(c(C(=O)N3CCOCC3(C)C)nn1-c1ccsc1)CO2. The molecule has 0 bridgehead atoms. The third-order valence-corrected chi connectivity index (χ3v) is 8.49. The highest BCUT2D eigenvalue weighted by Gasteiger charge is 2.39. The predicted octanol–water partition coefficient (Wildman–Crippen LogP) is 5.38. The first-order valence-corrected chi connectivity index (χ1v) is 13.7. The lowest BCUT2D eigenvalue weighted by atomic mass is 9.95. The molecule has 0 unspecified atom stereocenters. The summed E-state index contributed by atoms with van der Waals surface area (Å²) in [5.74, 6) is 1.36. The van der Waals surface area contributed by atoms with E-state index < -0.39 is 5.54 Å². The molecule has 0 radical (unpaired) electrons. The van der Waals surface area contributed by atoms with Gasteiger partial charge in [-0.3, -0.25) is 4.79 Å². The Morgan fingerprint density at radius 1 is 1.16 bits per heavy atom. The van der Waals surface area contributed by atoms with Gasteiger partial charge < -0.3 is 23.7 Å². The Balaban J connectivity index is 1.57. The molecule has 0 aliphatic carbocycles. The van der Waals surface area contributed by atoms with Gasteiger partial charge in [-0.25, -0.2) is 4.68 Å². The van der Waals surface area contributed by atoms with Crippen LogP contribution in [0.4, 0.5) is 0 Å². The standard InChI is InChI=1S/C29H32N4O4S/c1-17-11-20(18(2)31(17)5)21-12-22-25(13-24(21)35-6)37-14-23-26(28(34)32-8-9-36-16-29(32,3)4)30-33(27(22)23)19-7-10-38-15-19/h7,10-13,15H,8-9,14,16H2,1-6H3. The second kappa shape index (κ2) is 9.03. The third-order valence-electron chi connectivity index (χ3n) is 7.82. The van der Waals surface area contributed by atoms with Crippen LogP contribution in [-0.2, 0) is 18.4 Å². The molecule has 5 heterocycles. The molecule has 1 saturated heterocycles. The van der Waals surface area contributed by atoms with Crippen LogP contribution in [0, 0.1) is 13.8 Å². The fraction of sp³-hybridized carbons (Fsp3) is 0.379. The van der Waals surface area contributed by atoms with Crippen LogP contribution in [0.2, 0.25) is 0 Å². The normalized spacial score (nSPS) is 16.1. The van der Waals surface area contributed by atoms with E-state index in [1.165, 1.54) is 5.69 Å². The number of amides is 1. The molecule has 1 fully saturated rings. The van der Waals surface area contributed by atoms with Gasteiger partial charge >= 0.3 is 0 Å². The molecular formula is C29H32N4O4S. The van der Waals surface area contributed by atoms with Crippen LogP contribution in [0.3, 0.4) is 0 Å². The van der Waals surface area contributed by atoms with Crippen LogP contribution in [-0.4, -0.2) is 57.6 Å². The Hall–Kier alpha value is -3.56. The number of aromatic nitrogens is 3. The van der Waals surface area contributed by atoms with Crippen LogP contribution in [0.25, 0.3) is 28.1 Å². The smallest absolute Gasteiger partial charge is 0.275 e. The largest absolute Gasteiger partial charge is 0.496 e. The number of benzene rings is 1. The van der Waals surface area contributed by atoms with E-state index in [0.717, 1.165) is 45.1 Å². The van der Waals surface area contributed by atoms with Gasteiger partial charge in [0.1, 0.15) is 18.1 Å². The zero-order chi connectivity index (χ0) is 26.8. The monoisotopic (exact) mass is 532 g/mol. The fourth-order valence-corrected chi connectivity index (χ4v) is 6.10. The quantitative estimate of drug-likeness (QED) is 0.353. The van der Waals surface area contributed by atoms with Crippen molar-refractivity contribution in [1.29, 1.82) is 0 Å². The fourth-order valence-electron chi connectivity index (χ4n) is 5.49. The third kappa shape index (κ3) is 3.75. The van der Waals surface area contributed by atoms with Crippen LogP contribution in [0.5, 0.6) is 11.5 Å². The Bertz CT molecular complexity index is 1550. The first kappa shape index (κ1) is 24.8. The summed E-state index contributed by atoms with van der Waals surface area (Å²) in [6.45, 7) is 10.0. The van der Waals surface area contributed by atoms with Crippen molar-refractivity contribution < 1.29 is 19.0 Å². The highest BCUT2D eigenvalue weighted by Crippen LogP contribution is 2.47. The summed E-state index contributed by atoms with van der Waals surface area (Å²) in [6, 6.07) is 8.27. The molecular weight excluding hydrogens is 500 g/mol. The number of ether oxygens (including phenoxy) is 3. The van der Waals surface area contributed by atoms with Crippen LogP contribution in [0.1, 0.15) is 41.3 Å². The molecule has 1 aromatic carbocycles. The number of aryl methyl sites for hydroxylation is 1. The summed E-state index contributed by atoms with van der Waals surface area (Å²) in [4.78, 5) is 15.9. The molecule has 0 atom stereocenters. The first-order chi connectivity index (χ1) is 18.2. The lowest BCUT2D eigenvalue weighted by Gasteiger charge is -2.41. The molecule has 8 nitrogen and oxygen atoms in total. The maximum Gasteiger partial charge on any atom is 0.275 e. The van der Waals surface area contributed by atoms with Gasteiger partial charge in [0.05, 0.1) is 37.2 Å². The summed E-state index contributed by atoms with van der Waals surface area (Å²) in [5, 5.41) is 9.00. The Morgan fingerprint density at radius 3 is 2.63 bits per heavy atom. The Morgan fingerprint density at radius 2 is 1.97 bits per heavy atom. The highest BCUT2D eigenvalue weighted by atomic mass is 32.1. The van der Waals surface area contributed by atoms with Gasteiger partial charge in [-0.1, -0.05) is 0 Å². The van der Waals surface area contributed by atoms with Crippen LogP contribution >= 0.6 is 11.3 Å². The Kier molecular flexibility index (Phi) is 5.88. The van der Waals surface area contributed by atoms with Gasteiger partial charge in [-0.05, 0) is 51.3 Å². The minimum atomic E-state index is -0.426. The van der Waals surface area contributed by atoms with Crippen LogP contribution < -0.4 is 9.47 Å². The molecule has 0 spiro atoms. The van der Waals surface area contributed by atoms with Crippen molar-refractivity contribution in [3.8, 4) is 39.6 Å². The Labute approximate surface area is 226 Å². The lowest BCUT2D eigenvalue weighted by molar-refractivity contribution is -0.0374. The molecule has 198 valence electrons. The van der Waals surface area contributed by atoms with E-state index in [1.54, 1.807) is 18.4 Å². The van der Waals surface area contributed by atoms with E-state index in [0.29, 0.717) is 31.2 Å². The number of hydrogen-bond acceptors (Lipinski definition) is 6. The van der Waals surface area contributed by atoms with Gasteiger partial charge in [0, 0.05) is 58.7 Å². The van der Waals surface area contributed by atoms with Gasteiger partial charge in [-0.15, -0.1) is 0 Å². The molecule has 3 aromatic heterocycles. The molecule has 38 heavy (non-hydrogen) atoms. The number of morpholine rings is 1. The number of carbonyl (C=O) groups excluding carboxylic acids is 1. The van der Waals surface area contributed by atoms with E-state index in [-0.39, 0.29) is 12.5 Å². The maximum absolute atomic E-state index is 14.0. The van der Waals surface area contributed by atoms with E-state index in [1.807, 2.05) is 46.3 Å². The van der Waals surface area contributed by atoms with Crippen molar-refractivity contribution in [3.05, 3.63) is 57.7 Å². The highest BCUT2D eigenvalue weighted by molar-refractivity contribution is 7.08. The molecule has 2 aliphatic rings. The second-order valence-electron chi connectivity index (χ2n) is 10.6. The van der Waals surface area contributed by atoms with E-state index in [4.69, 9.17) is 19.3 Å². The summed E-state index contributed by atoms with van der Waals surface area (Å²) in [7, 11) is 3.75. The zero-order valence-electron chi connectivity index (χ0n) is 22.6. The van der Waals surface area contributed by atoms with Crippen molar-refractivity contribution in [2.24, 2.45) is 7.05 Å². The average Bonchev–Trinajstić information content (AvgIpc) is 3.62. The number of methoxy groups -OCH3 is 1. The minimum Gasteiger partial charge on any atom is -0.496 e. The topological polar surface area (TPSA) is 70.8 Å². The van der Waals surface area contributed by atoms with E-state index in [2.05, 4.69) is 37.6 Å². The van der Waals surface area contributed by atoms with E-state index >= 15 is 0 Å². The molecule has 4 aromatic rings. The molecule has 9 heteroatoms. The summed E-state index contributed by atoms with van der Waals surface area (Å²) in [6.07, 6.45) is 0. The first-order valence-electron chi connectivity index (χ1n) is 12.7. The van der Waals surface area contributed by atoms with Crippen LogP contribution in [0.15, 0.2) is 35.0 Å². The molecule has 0 N–H and O–H groups in total. The molecule has 6 rings (SSSR count). The number of carbonyl (C=O) groups is 1. The number of fused-ring (bicyclic) bond motifs is 3. The van der Waals surface area contributed by atoms with Crippen molar-refractivity contribution in [2.45, 2.75) is 39.8 Å². The lowest BCUT2D eigenvalue weighted by Crippen LogP contribution is -2.55. The van der Waals surface area contributed by atoms with Gasteiger partial charge in [0.2, 0.25) is 0 Å². The predicted molar refractivity (Wildman–Crippen MR) is 148 cm³/mol. The summed E-state index contributed by atoms with van der Waals surface area (Å²) >= 11 is 1.60. The minimum absolute atomic E-state index is 0.0983. The molecule has 2 aliphatic heterocycles. The van der Waals surface area contributed by atoms with Gasteiger partial charge in [0.15, 0.2) is 5.69 Å². The molecule has 0 saturated carbocycles. The second-order valence-corrected chi connectivity index (χ2v) is 11.4. The zero-order valence-corrected chi connectivity index (χ0v) is 23.4. The van der Waals surface area contributed by atoms with Crippen molar-refractivity contribution >= 4 is 17.2 Å².